The summed E-state index contributed by atoms with van der Waals surface area (Å²) in [4.78, 5) is 17.8. The first-order chi connectivity index (χ1) is 11.1. The molecule has 0 bridgehead atoms. The van der Waals surface area contributed by atoms with Gasteiger partial charge in [-0.25, -0.2) is 4.98 Å². The number of anilines is 1. The molecule has 0 saturated heterocycles. The number of pyridine rings is 1. The van der Waals surface area contributed by atoms with Crippen molar-refractivity contribution in [3.05, 3.63) is 58.7 Å². The van der Waals surface area contributed by atoms with Crippen molar-refractivity contribution in [3.63, 3.8) is 0 Å². The molecule has 1 N–H and O–H groups in total. The first-order valence-electron chi connectivity index (χ1n) is 6.91. The highest BCUT2D eigenvalue weighted by atomic mass is 32.2. The van der Waals surface area contributed by atoms with Gasteiger partial charge >= 0.3 is 0 Å². The average molecular weight is 342 g/mol. The summed E-state index contributed by atoms with van der Waals surface area (Å²) < 4.78 is 0. The molecule has 0 spiro atoms. The van der Waals surface area contributed by atoms with Crippen LogP contribution < -0.4 is 5.32 Å². The molecule has 3 aromatic rings. The van der Waals surface area contributed by atoms with Crippen molar-refractivity contribution < 1.29 is 4.79 Å². The second-order valence-corrected chi connectivity index (χ2v) is 6.80. The van der Waals surface area contributed by atoms with Crippen molar-refractivity contribution in [2.45, 2.75) is 23.8 Å². The predicted molar refractivity (Wildman–Crippen MR) is 92.1 cm³/mol. The lowest BCUT2D eigenvalue weighted by Gasteiger charge is -2.08. The first kappa shape index (κ1) is 15.6. The van der Waals surface area contributed by atoms with Crippen LogP contribution in [0.3, 0.4) is 0 Å². The number of carbonyl (C=O) groups is 1. The molecule has 5 nitrogen and oxygen atoms in total. The highest BCUT2D eigenvalue weighted by Gasteiger charge is 2.15. The minimum Gasteiger partial charge on any atom is -0.296 e. The fraction of sp³-hybridized carbons (Fsp3) is 0.125. The lowest BCUT2D eigenvalue weighted by Crippen LogP contribution is -2.13. The van der Waals surface area contributed by atoms with Crippen LogP contribution in [0.4, 0.5) is 5.13 Å². The van der Waals surface area contributed by atoms with E-state index in [1.54, 1.807) is 23.8 Å². The maximum atomic E-state index is 12.4. The van der Waals surface area contributed by atoms with Gasteiger partial charge in [0, 0.05) is 11.1 Å². The molecule has 1 amide bonds. The van der Waals surface area contributed by atoms with Crippen molar-refractivity contribution in [3.8, 4) is 0 Å². The molecule has 3 rings (SSSR count). The highest BCUT2D eigenvalue weighted by molar-refractivity contribution is 7.99. The molecule has 0 atom stereocenters. The van der Waals surface area contributed by atoms with Crippen LogP contribution in [-0.2, 0) is 0 Å². The molecule has 0 aliphatic rings. The zero-order chi connectivity index (χ0) is 16.2. The second kappa shape index (κ2) is 6.89. The van der Waals surface area contributed by atoms with Crippen LogP contribution in [-0.4, -0.2) is 21.1 Å². The van der Waals surface area contributed by atoms with Gasteiger partial charge in [0.2, 0.25) is 5.13 Å². The molecule has 0 unspecified atom stereocenters. The number of hydrogen-bond acceptors (Lipinski definition) is 6. The van der Waals surface area contributed by atoms with Crippen LogP contribution in [0.2, 0.25) is 0 Å². The second-order valence-electron chi connectivity index (χ2n) is 4.90. The Labute approximate surface area is 142 Å². The Morgan fingerprint density at radius 2 is 2.09 bits per heavy atom. The fourth-order valence-corrected chi connectivity index (χ4v) is 3.35. The molecule has 2 heterocycles. The van der Waals surface area contributed by atoms with Gasteiger partial charge in [0.25, 0.3) is 5.91 Å². The highest BCUT2D eigenvalue weighted by Crippen LogP contribution is 2.30. The molecule has 0 aliphatic carbocycles. The van der Waals surface area contributed by atoms with Crippen molar-refractivity contribution in [1.82, 2.24) is 15.2 Å². The van der Waals surface area contributed by atoms with Crippen LogP contribution in [0.5, 0.6) is 0 Å². The summed E-state index contributed by atoms with van der Waals surface area (Å²) in [6.07, 6.45) is 1.69. The van der Waals surface area contributed by atoms with Gasteiger partial charge in [-0.2, -0.15) is 0 Å². The summed E-state index contributed by atoms with van der Waals surface area (Å²) in [6, 6.07) is 9.71. The molecule has 1 aromatic carbocycles. The van der Waals surface area contributed by atoms with Gasteiger partial charge in [-0.3, -0.25) is 10.1 Å². The van der Waals surface area contributed by atoms with Gasteiger partial charge in [0.05, 0.1) is 5.56 Å². The number of aromatic nitrogens is 3. The van der Waals surface area contributed by atoms with Crippen molar-refractivity contribution in [2.75, 3.05) is 5.32 Å². The predicted octanol–water partition coefficient (Wildman–Crippen LogP) is 3.95. The number of hydrogen-bond donors (Lipinski definition) is 1. The summed E-state index contributed by atoms with van der Waals surface area (Å²) in [7, 11) is 0. The van der Waals surface area contributed by atoms with Gasteiger partial charge < -0.3 is 0 Å². The number of amides is 1. The van der Waals surface area contributed by atoms with Gasteiger partial charge in [0.1, 0.15) is 10.5 Å². The van der Waals surface area contributed by atoms with Crippen LogP contribution in [0.15, 0.2) is 52.0 Å². The molecule has 2 aromatic heterocycles. The quantitative estimate of drug-likeness (QED) is 0.777. The Bertz CT molecular complexity index is 834. The minimum absolute atomic E-state index is 0.235. The van der Waals surface area contributed by atoms with Crippen LogP contribution in [0, 0.1) is 13.8 Å². The van der Waals surface area contributed by atoms with Gasteiger partial charge in [0.15, 0.2) is 0 Å². The standard InChI is InChI=1S/C16H14N4OS2/c1-10-5-6-12(8-11(10)2)23-15-13(4-3-7-17-15)14(21)19-16-20-18-9-22-16/h3-9H,1-2H3,(H,19,20,21). The first-order valence-corrected chi connectivity index (χ1v) is 8.61. The number of aryl methyl sites for hydroxylation is 2. The Balaban J connectivity index is 1.85. The average Bonchev–Trinajstić information content (AvgIpc) is 3.04. The van der Waals surface area contributed by atoms with Gasteiger partial charge in [-0.05, 0) is 49.2 Å². The van der Waals surface area contributed by atoms with E-state index in [1.807, 2.05) is 6.07 Å². The molecule has 0 radical (unpaired) electrons. The number of rotatable bonds is 4. The maximum absolute atomic E-state index is 12.4. The zero-order valence-corrected chi connectivity index (χ0v) is 14.2. The van der Waals surface area contributed by atoms with Gasteiger partial charge in [-0.1, -0.05) is 29.2 Å². The van der Waals surface area contributed by atoms with Crippen molar-refractivity contribution >= 4 is 34.1 Å². The number of carbonyl (C=O) groups excluding carboxylic acids is 1. The third kappa shape index (κ3) is 3.75. The summed E-state index contributed by atoms with van der Waals surface area (Å²) in [5, 5.41) is 11.4. The van der Waals surface area contributed by atoms with E-state index in [9.17, 15) is 4.79 Å². The van der Waals surface area contributed by atoms with E-state index >= 15 is 0 Å². The van der Waals surface area contributed by atoms with E-state index in [-0.39, 0.29) is 5.91 Å². The third-order valence-corrected chi connectivity index (χ3v) is 4.90. The summed E-state index contributed by atoms with van der Waals surface area (Å²) in [5.74, 6) is -0.235. The molecular weight excluding hydrogens is 328 g/mol. The number of nitrogens with zero attached hydrogens (tertiary/aromatic N) is 3. The van der Waals surface area contributed by atoms with E-state index in [1.165, 1.54) is 34.2 Å². The molecular formula is C16H14N4OS2. The van der Waals surface area contributed by atoms with Crippen LogP contribution >= 0.6 is 23.1 Å². The lowest BCUT2D eigenvalue weighted by molar-refractivity contribution is 0.102. The Morgan fingerprint density at radius 1 is 1.22 bits per heavy atom. The SMILES string of the molecule is Cc1ccc(Sc2ncccc2C(=O)Nc2nncs2)cc1C. The minimum atomic E-state index is -0.235. The third-order valence-electron chi connectivity index (χ3n) is 3.29. The molecule has 116 valence electrons. The zero-order valence-electron chi connectivity index (χ0n) is 12.6. The normalized spacial score (nSPS) is 10.5. The van der Waals surface area contributed by atoms with E-state index in [0.717, 1.165) is 4.90 Å². The maximum Gasteiger partial charge on any atom is 0.260 e. The lowest BCUT2D eigenvalue weighted by atomic mass is 10.1. The largest absolute Gasteiger partial charge is 0.296 e. The Kier molecular flexibility index (Phi) is 4.68. The van der Waals surface area contributed by atoms with Crippen molar-refractivity contribution in [2.24, 2.45) is 0 Å². The molecule has 0 saturated carbocycles. The summed E-state index contributed by atoms with van der Waals surface area (Å²) in [5.41, 5.74) is 4.55. The molecule has 23 heavy (non-hydrogen) atoms. The van der Waals surface area contributed by atoms with E-state index in [4.69, 9.17) is 0 Å². The molecule has 7 heteroatoms. The molecule has 0 fully saturated rings. The van der Waals surface area contributed by atoms with Crippen LogP contribution in [0.1, 0.15) is 21.5 Å². The summed E-state index contributed by atoms with van der Waals surface area (Å²) in [6.45, 7) is 4.15. The van der Waals surface area contributed by atoms with E-state index in [2.05, 4.69) is 46.5 Å². The molecule has 0 aliphatic heterocycles. The number of benzene rings is 1. The van der Waals surface area contributed by atoms with Gasteiger partial charge in [-0.15, -0.1) is 10.2 Å². The topological polar surface area (TPSA) is 67.8 Å². The van der Waals surface area contributed by atoms with Crippen LogP contribution in [0.25, 0.3) is 0 Å². The Hall–Kier alpha value is -2.25. The Morgan fingerprint density at radius 3 is 2.83 bits per heavy atom. The number of nitrogens with one attached hydrogen (secondary N) is 1. The monoisotopic (exact) mass is 342 g/mol. The smallest absolute Gasteiger partial charge is 0.260 e. The fourth-order valence-electron chi connectivity index (χ4n) is 1.93. The van der Waals surface area contributed by atoms with E-state index in [0.29, 0.717) is 15.7 Å². The van der Waals surface area contributed by atoms with Crippen molar-refractivity contribution in [1.29, 1.82) is 0 Å². The summed E-state index contributed by atoms with van der Waals surface area (Å²) >= 11 is 2.75. The van der Waals surface area contributed by atoms with E-state index < -0.39 is 0 Å².